The van der Waals surface area contributed by atoms with Crippen LogP contribution in [0.3, 0.4) is 0 Å². The average Bonchev–Trinajstić information content (AvgIpc) is 3.13. The van der Waals surface area contributed by atoms with Crippen molar-refractivity contribution in [2.45, 2.75) is 25.9 Å². The molecule has 0 bridgehead atoms. The summed E-state index contributed by atoms with van der Waals surface area (Å²) >= 11 is 7.47. The molecule has 2 aromatic rings. The van der Waals surface area contributed by atoms with Crippen LogP contribution in [0, 0.1) is 13.8 Å². The summed E-state index contributed by atoms with van der Waals surface area (Å²) in [4.78, 5) is 19.1. The molecule has 0 spiro atoms. The molecule has 2 atom stereocenters. The number of anilines is 2. The normalized spacial score (nSPS) is 22.0. The minimum atomic E-state index is -3.13. The second-order valence-electron chi connectivity index (χ2n) is 7.63. The standard InChI is InChI=1S/C21H22ClN3O3S2/c1-13-6-7-17(14(2)8-13)23-20(26)10-29-21-24-18-11-30(27,28)12-19(18)25(21)16-5-3-4-15(22)9-16/h3-9,18-19H,10-12H2,1-2H3,(H,23,26)/t18-,19+/m0/s1. The van der Waals surface area contributed by atoms with Gasteiger partial charge in [-0.3, -0.25) is 9.79 Å². The summed E-state index contributed by atoms with van der Waals surface area (Å²) in [6.45, 7) is 3.97. The fourth-order valence-electron chi connectivity index (χ4n) is 3.83. The number of halogens is 1. The molecule has 0 aliphatic carbocycles. The highest BCUT2D eigenvalue weighted by molar-refractivity contribution is 8.14. The molecular weight excluding hydrogens is 442 g/mol. The number of rotatable bonds is 4. The van der Waals surface area contributed by atoms with E-state index in [1.54, 1.807) is 12.1 Å². The Morgan fingerprint density at radius 3 is 2.77 bits per heavy atom. The zero-order chi connectivity index (χ0) is 21.5. The van der Waals surface area contributed by atoms with Gasteiger partial charge in [0.15, 0.2) is 15.0 Å². The minimum Gasteiger partial charge on any atom is -0.325 e. The van der Waals surface area contributed by atoms with Gasteiger partial charge >= 0.3 is 0 Å². The van der Waals surface area contributed by atoms with Crippen molar-refractivity contribution in [3.63, 3.8) is 0 Å². The van der Waals surface area contributed by atoms with Gasteiger partial charge in [0.1, 0.15) is 0 Å². The topological polar surface area (TPSA) is 78.8 Å². The van der Waals surface area contributed by atoms with Gasteiger partial charge < -0.3 is 10.2 Å². The summed E-state index contributed by atoms with van der Waals surface area (Å²) in [7, 11) is -3.13. The smallest absolute Gasteiger partial charge is 0.234 e. The Hall–Kier alpha value is -2.03. The number of carbonyl (C=O) groups is 1. The lowest BCUT2D eigenvalue weighted by atomic mass is 10.1. The first-order chi connectivity index (χ1) is 14.2. The summed E-state index contributed by atoms with van der Waals surface area (Å²) in [5.41, 5.74) is 3.72. The molecule has 0 unspecified atom stereocenters. The van der Waals surface area contributed by atoms with Crippen LogP contribution in [0.25, 0.3) is 0 Å². The number of nitrogens with zero attached hydrogens (tertiary/aromatic N) is 2. The van der Waals surface area contributed by atoms with E-state index in [9.17, 15) is 13.2 Å². The fourth-order valence-corrected chi connectivity index (χ4v) is 6.78. The SMILES string of the molecule is Cc1ccc(NC(=O)CSC2=N[C@H]3CS(=O)(=O)C[C@H]3N2c2cccc(Cl)c2)c(C)c1. The Kier molecular flexibility index (Phi) is 5.83. The van der Waals surface area contributed by atoms with E-state index >= 15 is 0 Å². The van der Waals surface area contributed by atoms with Gasteiger partial charge in [0.05, 0.1) is 29.3 Å². The van der Waals surface area contributed by atoms with Gasteiger partial charge in [-0.05, 0) is 43.7 Å². The predicted octanol–water partition coefficient (Wildman–Crippen LogP) is 3.67. The van der Waals surface area contributed by atoms with Gasteiger partial charge in [0.25, 0.3) is 0 Å². The quantitative estimate of drug-likeness (QED) is 0.748. The Morgan fingerprint density at radius 1 is 1.23 bits per heavy atom. The molecule has 158 valence electrons. The molecule has 2 aliphatic heterocycles. The van der Waals surface area contributed by atoms with E-state index in [1.807, 2.05) is 49.1 Å². The largest absolute Gasteiger partial charge is 0.325 e. The zero-order valence-electron chi connectivity index (χ0n) is 16.6. The highest BCUT2D eigenvalue weighted by Gasteiger charge is 2.47. The number of fused-ring (bicyclic) bond motifs is 1. The van der Waals surface area contributed by atoms with Gasteiger partial charge in [0, 0.05) is 16.4 Å². The van der Waals surface area contributed by atoms with Crippen molar-refractivity contribution in [1.29, 1.82) is 0 Å². The lowest BCUT2D eigenvalue weighted by Crippen LogP contribution is -2.39. The Labute approximate surface area is 185 Å². The van der Waals surface area contributed by atoms with E-state index in [1.165, 1.54) is 11.8 Å². The van der Waals surface area contributed by atoms with Gasteiger partial charge in [-0.25, -0.2) is 8.42 Å². The molecule has 2 aliphatic rings. The van der Waals surface area contributed by atoms with Crippen LogP contribution in [0.5, 0.6) is 0 Å². The molecule has 1 saturated heterocycles. The molecule has 0 radical (unpaired) electrons. The van der Waals surface area contributed by atoms with E-state index in [4.69, 9.17) is 11.6 Å². The highest BCUT2D eigenvalue weighted by atomic mass is 35.5. The van der Waals surface area contributed by atoms with Crippen LogP contribution >= 0.6 is 23.4 Å². The van der Waals surface area contributed by atoms with Crippen molar-refractivity contribution in [2.75, 3.05) is 27.5 Å². The number of amidine groups is 1. The first-order valence-electron chi connectivity index (χ1n) is 9.55. The molecule has 1 N–H and O–H groups in total. The van der Waals surface area contributed by atoms with Crippen LogP contribution in [0.4, 0.5) is 11.4 Å². The molecule has 30 heavy (non-hydrogen) atoms. The van der Waals surface area contributed by atoms with Crippen LogP contribution in [-0.4, -0.2) is 48.8 Å². The molecular formula is C21H22ClN3O3S2. The molecule has 9 heteroatoms. The summed E-state index contributed by atoms with van der Waals surface area (Å²) in [5, 5.41) is 4.15. The van der Waals surface area contributed by atoms with Gasteiger partial charge in [-0.1, -0.05) is 47.1 Å². The number of benzene rings is 2. The number of amides is 1. The number of thioether (sulfide) groups is 1. The first kappa shape index (κ1) is 21.2. The van der Waals surface area contributed by atoms with Crippen molar-refractivity contribution in [3.8, 4) is 0 Å². The lowest BCUT2D eigenvalue weighted by Gasteiger charge is -2.26. The van der Waals surface area contributed by atoms with Crippen molar-refractivity contribution >= 4 is 55.6 Å². The average molecular weight is 464 g/mol. The molecule has 4 rings (SSSR count). The summed E-state index contributed by atoms with van der Waals surface area (Å²) in [5.74, 6) is 0.125. The fraction of sp³-hybridized carbons (Fsp3) is 0.333. The minimum absolute atomic E-state index is 0.0353. The van der Waals surface area contributed by atoms with Gasteiger partial charge in [0.2, 0.25) is 5.91 Å². The Morgan fingerprint density at radius 2 is 2.03 bits per heavy atom. The second kappa shape index (κ2) is 8.24. The summed E-state index contributed by atoms with van der Waals surface area (Å²) in [6.07, 6.45) is 0. The van der Waals surface area contributed by atoms with E-state index in [0.717, 1.165) is 22.5 Å². The third-order valence-electron chi connectivity index (χ3n) is 5.18. The van der Waals surface area contributed by atoms with Crippen molar-refractivity contribution in [2.24, 2.45) is 4.99 Å². The number of aliphatic imine (C=N–C) groups is 1. The monoisotopic (exact) mass is 463 g/mol. The van der Waals surface area contributed by atoms with Gasteiger partial charge in [-0.15, -0.1) is 0 Å². The molecule has 1 amide bonds. The number of sulfone groups is 1. The maximum Gasteiger partial charge on any atom is 0.234 e. The number of hydrogen-bond acceptors (Lipinski definition) is 6. The highest BCUT2D eigenvalue weighted by Crippen LogP contribution is 2.36. The van der Waals surface area contributed by atoms with Crippen molar-refractivity contribution < 1.29 is 13.2 Å². The number of nitrogens with one attached hydrogen (secondary N) is 1. The Balaban J connectivity index is 1.51. The van der Waals surface area contributed by atoms with Crippen LogP contribution in [-0.2, 0) is 14.6 Å². The maximum atomic E-state index is 12.5. The third kappa shape index (κ3) is 4.50. The molecule has 0 saturated carbocycles. The van der Waals surface area contributed by atoms with Gasteiger partial charge in [-0.2, -0.15) is 0 Å². The third-order valence-corrected chi connectivity index (χ3v) is 8.08. The number of hydrogen-bond donors (Lipinski definition) is 1. The number of aryl methyl sites for hydroxylation is 2. The van der Waals surface area contributed by atoms with Crippen molar-refractivity contribution in [1.82, 2.24) is 0 Å². The zero-order valence-corrected chi connectivity index (χ0v) is 19.0. The lowest BCUT2D eigenvalue weighted by molar-refractivity contribution is -0.113. The van der Waals surface area contributed by atoms with E-state index in [2.05, 4.69) is 10.3 Å². The van der Waals surface area contributed by atoms with E-state index in [-0.39, 0.29) is 35.2 Å². The molecule has 6 nitrogen and oxygen atoms in total. The summed E-state index contributed by atoms with van der Waals surface area (Å²) in [6, 6.07) is 12.6. The first-order valence-corrected chi connectivity index (χ1v) is 12.7. The molecule has 1 fully saturated rings. The molecule has 0 aromatic heterocycles. The van der Waals surface area contributed by atoms with E-state index < -0.39 is 9.84 Å². The maximum absolute atomic E-state index is 12.5. The second-order valence-corrected chi connectivity index (χ2v) is 11.2. The van der Waals surface area contributed by atoms with Crippen LogP contribution in [0.15, 0.2) is 47.5 Å². The van der Waals surface area contributed by atoms with Crippen LogP contribution in [0.2, 0.25) is 5.02 Å². The summed E-state index contributed by atoms with van der Waals surface area (Å²) < 4.78 is 24.3. The Bertz CT molecular complexity index is 1130. The molecule has 2 heterocycles. The molecule has 2 aromatic carbocycles. The van der Waals surface area contributed by atoms with Crippen molar-refractivity contribution in [3.05, 3.63) is 58.6 Å². The van der Waals surface area contributed by atoms with Crippen LogP contribution < -0.4 is 10.2 Å². The number of carbonyl (C=O) groups excluding carboxylic acids is 1. The van der Waals surface area contributed by atoms with E-state index in [0.29, 0.717) is 10.2 Å². The predicted molar refractivity (Wildman–Crippen MR) is 125 cm³/mol. The van der Waals surface area contributed by atoms with Crippen LogP contribution in [0.1, 0.15) is 11.1 Å².